The summed E-state index contributed by atoms with van der Waals surface area (Å²) < 4.78 is 7.50. The topological polar surface area (TPSA) is 62.1 Å². The first-order valence-corrected chi connectivity index (χ1v) is 9.86. The average molecular weight is 548 g/mol. The predicted octanol–water partition coefficient (Wildman–Crippen LogP) is 4.43. The van der Waals surface area contributed by atoms with Crippen molar-refractivity contribution in [2.75, 3.05) is 6.61 Å². The monoisotopic (exact) mass is 548 g/mol. The van der Waals surface area contributed by atoms with Gasteiger partial charge in [-0.25, -0.2) is 0 Å². The highest BCUT2D eigenvalue weighted by Gasteiger charge is 2.19. The normalized spacial score (nSPS) is 15.0. The smallest absolute Gasteiger partial charge is 0.262 e. The maximum Gasteiger partial charge on any atom is 0.262 e. The van der Waals surface area contributed by atoms with Crippen molar-refractivity contribution >= 4 is 57.2 Å². The number of ether oxygens (including phenoxy) is 1. The second-order valence-corrected chi connectivity index (χ2v) is 7.86. The molecule has 1 amide bonds. The number of hydrogen-bond acceptors (Lipinski definition) is 3. The van der Waals surface area contributed by atoms with Gasteiger partial charge < -0.3 is 10.1 Å². The minimum atomic E-state index is -0.290. The van der Waals surface area contributed by atoms with Gasteiger partial charge in [0.25, 0.3) is 5.91 Å². The van der Waals surface area contributed by atoms with E-state index in [0.717, 1.165) is 44.1 Å². The van der Waals surface area contributed by atoms with Crippen LogP contribution in [0.5, 0.6) is 5.75 Å². The molecule has 24 heavy (non-hydrogen) atoms. The van der Waals surface area contributed by atoms with Crippen LogP contribution in [0.25, 0.3) is 6.08 Å². The Balaban J connectivity index is 2.19. The number of nitriles is 1. The van der Waals surface area contributed by atoms with E-state index >= 15 is 0 Å². The van der Waals surface area contributed by atoms with Gasteiger partial charge in [-0.3, -0.25) is 4.79 Å². The van der Waals surface area contributed by atoms with E-state index < -0.39 is 0 Å². The molecule has 1 aliphatic rings. The van der Waals surface area contributed by atoms with Crippen molar-refractivity contribution in [1.29, 1.82) is 5.26 Å². The minimum absolute atomic E-state index is 0.133. The van der Waals surface area contributed by atoms with Crippen LogP contribution in [0.4, 0.5) is 0 Å². The molecule has 0 spiro atoms. The maximum absolute atomic E-state index is 12.3. The molecular formula is C18H18I2N2O2. The van der Waals surface area contributed by atoms with Crippen LogP contribution < -0.4 is 10.1 Å². The Hall–Kier alpha value is -1.08. The maximum atomic E-state index is 12.3. The van der Waals surface area contributed by atoms with Crippen LogP contribution in [-0.4, -0.2) is 18.6 Å². The van der Waals surface area contributed by atoms with Gasteiger partial charge in [0, 0.05) is 6.04 Å². The van der Waals surface area contributed by atoms with E-state index in [1.807, 2.05) is 18.2 Å². The SMILES string of the molecule is C=CCOc1c(I)cc(/C=C(/C#N)C(=O)NC2CCCC2)cc1I. The molecule has 0 saturated heterocycles. The summed E-state index contributed by atoms with van der Waals surface area (Å²) >= 11 is 4.38. The van der Waals surface area contributed by atoms with Crippen molar-refractivity contribution in [3.63, 3.8) is 0 Å². The van der Waals surface area contributed by atoms with Crippen LogP contribution >= 0.6 is 45.2 Å². The van der Waals surface area contributed by atoms with Crippen molar-refractivity contribution in [1.82, 2.24) is 5.32 Å². The lowest BCUT2D eigenvalue weighted by atomic mass is 10.1. The van der Waals surface area contributed by atoms with E-state index in [0.29, 0.717) is 6.61 Å². The number of nitrogens with zero attached hydrogens (tertiary/aromatic N) is 1. The van der Waals surface area contributed by atoms with Gasteiger partial charge in [0.1, 0.15) is 24.0 Å². The first-order valence-electron chi connectivity index (χ1n) is 7.70. The predicted molar refractivity (Wildman–Crippen MR) is 112 cm³/mol. The van der Waals surface area contributed by atoms with Crippen LogP contribution in [0.2, 0.25) is 0 Å². The van der Waals surface area contributed by atoms with Crippen LogP contribution in [0.1, 0.15) is 31.2 Å². The number of hydrogen-bond donors (Lipinski definition) is 1. The van der Waals surface area contributed by atoms with Crippen molar-refractivity contribution in [3.8, 4) is 11.8 Å². The molecule has 0 unspecified atom stereocenters. The number of rotatable bonds is 6. The fourth-order valence-corrected chi connectivity index (χ4v) is 4.72. The third kappa shape index (κ3) is 5.21. The summed E-state index contributed by atoms with van der Waals surface area (Å²) in [6, 6.07) is 6.02. The van der Waals surface area contributed by atoms with Gasteiger partial charge in [-0.2, -0.15) is 5.26 Å². The average Bonchev–Trinajstić information content (AvgIpc) is 3.04. The number of amides is 1. The molecule has 0 heterocycles. The van der Waals surface area contributed by atoms with Crippen molar-refractivity contribution in [3.05, 3.63) is 43.1 Å². The van der Waals surface area contributed by atoms with Gasteiger partial charge >= 0.3 is 0 Å². The van der Waals surface area contributed by atoms with Crippen LogP contribution in [0, 0.1) is 18.5 Å². The molecule has 1 aromatic rings. The van der Waals surface area contributed by atoms with Crippen molar-refractivity contribution < 1.29 is 9.53 Å². The highest BCUT2D eigenvalue weighted by atomic mass is 127. The lowest BCUT2D eigenvalue weighted by molar-refractivity contribution is -0.117. The zero-order chi connectivity index (χ0) is 17.5. The van der Waals surface area contributed by atoms with E-state index in [-0.39, 0.29) is 17.5 Å². The second-order valence-electron chi connectivity index (χ2n) is 5.54. The Labute approximate surface area is 169 Å². The molecule has 0 bridgehead atoms. The standard InChI is InChI=1S/C18H18I2N2O2/c1-2-7-24-17-15(19)9-12(10-16(17)20)8-13(11-21)18(23)22-14-5-3-4-6-14/h2,8-10,14H,1,3-7H2,(H,22,23)/b13-8-. The quantitative estimate of drug-likeness (QED) is 0.248. The van der Waals surface area contributed by atoms with Crippen LogP contribution in [0.3, 0.4) is 0 Å². The zero-order valence-electron chi connectivity index (χ0n) is 13.1. The highest BCUT2D eigenvalue weighted by molar-refractivity contribution is 14.1. The first-order chi connectivity index (χ1) is 11.5. The number of carbonyl (C=O) groups is 1. The number of benzene rings is 1. The van der Waals surface area contributed by atoms with Gasteiger partial charge in [-0.15, -0.1) is 0 Å². The number of nitrogens with one attached hydrogen (secondary N) is 1. The van der Waals surface area contributed by atoms with Gasteiger partial charge in [-0.05, 0) is 81.8 Å². The molecule has 1 aliphatic carbocycles. The Morgan fingerprint density at radius 1 is 1.38 bits per heavy atom. The van der Waals surface area contributed by atoms with Gasteiger partial charge in [0.2, 0.25) is 0 Å². The zero-order valence-corrected chi connectivity index (χ0v) is 17.5. The summed E-state index contributed by atoms with van der Waals surface area (Å²) in [5.74, 6) is 0.503. The summed E-state index contributed by atoms with van der Waals surface area (Å²) in [5, 5.41) is 12.3. The molecule has 1 aromatic carbocycles. The molecule has 0 aliphatic heterocycles. The molecule has 1 N–H and O–H groups in total. The minimum Gasteiger partial charge on any atom is -0.487 e. The third-order valence-electron chi connectivity index (χ3n) is 3.73. The molecule has 4 nitrogen and oxygen atoms in total. The van der Waals surface area contributed by atoms with Gasteiger partial charge in [0.15, 0.2) is 0 Å². The molecule has 1 fully saturated rings. The summed E-state index contributed by atoms with van der Waals surface area (Å²) in [6.45, 7) is 4.08. The Morgan fingerprint density at radius 3 is 2.54 bits per heavy atom. The molecule has 0 aromatic heterocycles. The van der Waals surface area contributed by atoms with E-state index in [9.17, 15) is 10.1 Å². The van der Waals surface area contributed by atoms with Crippen molar-refractivity contribution in [2.24, 2.45) is 0 Å². The summed E-state index contributed by atoms with van der Waals surface area (Å²) in [7, 11) is 0. The fraction of sp³-hybridized carbons (Fsp3) is 0.333. The first kappa shape index (κ1) is 19.2. The number of carbonyl (C=O) groups excluding carboxylic acids is 1. The second kappa shape index (κ2) is 9.42. The van der Waals surface area contributed by atoms with E-state index in [1.165, 1.54) is 0 Å². The van der Waals surface area contributed by atoms with Crippen LogP contribution in [-0.2, 0) is 4.79 Å². The van der Waals surface area contributed by atoms with Gasteiger partial charge in [-0.1, -0.05) is 25.5 Å². The van der Waals surface area contributed by atoms with Crippen molar-refractivity contribution in [2.45, 2.75) is 31.7 Å². The summed E-state index contributed by atoms with van der Waals surface area (Å²) in [5.41, 5.74) is 0.945. The number of halogens is 2. The summed E-state index contributed by atoms with van der Waals surface area (Å²) in [4.78, 5) is 12.3. The molecule has 1 saturated carbocycles. The lowest BCUT2D eigenvalue weighted by Crippen LogP contribution is -2.33. The molecule has 126 valence electrons. The molecule has 0 radical (unpaired) electrons. The van der Waals surface area contributed by atoms with E-state index in [1.54, 1.807) is 12.2 Å². The Kier molecular flexibility index (Phi) is 7.55. The molecule has 0 atom stereocenters. The highest BCUT2D eigenvalue weighted by Crippen LogP contribution is 2.30. The molecule has 2 rings (SSSR count). The molecular weight excluding hydrogens is 530 g/mol. The largest absolute Gasteiger partial charge is 0.487 e. The van der Waals surface area contributed by atoms with E-state index in [2.05, 4.69) is 57.1 Å². The van der Waals surface area contributed by atoms with Gasteiger partial charge in [0.05, 0.1) is 7.14 Å². The Bertz CT molecular complexity index is 678. The van der Waals surface area contributed by atoms with Crippen LogP contribution in [0.15, 0.2) is 30.4 Å². The third-order valence-corrected chi connectivity index (χ3v) is 5.34. The molecule has 6 heteroatoms. The fourth-order valence-electron chi connectivity index (χ4n) is 2.59. The lowest BCUT2D eigenvalue weighted by Gasteiger charge is -2.12. The summed E-state index contributed by atoms with van der Waals surface area (Å²) in [6.07, 6.45) is 7.59. The van der Waals surface area contributed by atoms with E-state index in [4.69, 9.17) is 4.74 Å². The Morgan fingerprint density at radius 2 is 2.00 bits per heavy atom.